The molecule has 29 heavy (non-hydrogen) atoms. The SMILES string of the molecule is Cc1ccc(S(C)(=O)=NC(=O)c2cncc(C#Cc3cc(F)cc(F)c3)c2)cc1. The fraction of sp³-hybridized carbons (Fsp3) is 0.0909. The highest BCUT2D eigenvalue weighted by Crippen LogP contribution is 2.15. The summed E-state index contributed by atoms with van der Waals surface area (Å²) in [5.41, 5.74) is 1.63. The molecule has 1 amide bonds. The van der Waals surface area contributed by atoms with E-state index in [-0.39, 0.29) is 11.1 Å². The molecule has 0 N–H and O–H groups in total. The Morgan fingerprint density at radius 3 is 2.24 bits per heavy atom. The topological polar surface area (TPSA) is 59.4 Å². The molecule has 7 heteroatoms. The molecule has 0 aliphatic rings. The van der Waals surface area contributed by atoms with E-state index in [9.17, 15) is 17.8 Å². The lowest BCUT2D eigenvalue weighted by Gasteiger charge is -2.04. The number of carbonyl (C=O) groups excluding carboxylic acids is 1. The number of nitrogens with zero attached hydrogens (tertiary/aromatic N) is 2. The van der Waals surface area contributed by atoms with E-state index >= 15 is 0 Å². The van der Waals surface area contributed by atoms with E-state index in [1.54, 1.807) is 24.3 Å². The number of aromatic nitrogens is 1. The van der Waals surface area contributed by atoms with Crippen molar-refractivity contribution in [2.24, 2.45) is 4.36 Å². The molecule has 0 radical (unpaired) electrons. The van der Waals surface area contributed by atoms with Gasteiger partial charge in [-0.15, -0.1) is 0 Å². The summed E-state index contributed by atoms with van der Waals surface area (Å²) in [6.07, 6.45) is 4.09. The summed E-state index contributed by atoms with van der Waals surface area (Å²) in [4.78, 5) is 16.9. The second-order valence-electron chi connectivity index (χ2n) is 6.38. The summed E-state index contributed by atoms with van der Waals surface area (Å²) in [5, 5.41) is 0. The van der Waals surface area contributed by atoms with E-state index in [0.29, 0.717) is 10.5 Å². The Morgan fingerprint density at radius 2 is 1.59 bits per heavy atom. The molecule has 146 valence electrons. The number of aryl methyl sites for hydroxylation is 1. The van der Waals surface area contributed by atoms with Crippen LogP contribution in [0.1, 0.15) is 27.0 Å². The predicted octanol–water partition coefficient (Wildman–Crippen LogP) is 4.37. The van der Waals surface area contributed by atoms with Gasteiger partial charge in [0.05, 0.1) is 15.3 Å². The monoisotopic (exact) mass is 410 g/mol. The molecule has 2 aromatic carbocycles. The minimum absolute atomic E-state index is 0.115. The van der Waals surface area contributed by atoms with Gasteiger partial charge in [-0.2, -0.15) is 4.36 Å². The Hall–Kier alpha value is -3.37. The molecule has 1 atom stereocenters. The third-order valence-corrected chi connectivity index (χ3v) is 5.58. The Bertz CT molecular complexity index is 1250. The van der Waals surface area contributed by atoms with Gasteiger partial charge in [0.15, 0.2) is 0 Å². The number of hydrogen-bond acceptors (Lipinski definition) is 3. The van der Waals surface area contributed by atoms with Crippen molar-refractivity contribution in [2.45, 2.75) is 11.8 Å². The molecule has 3 aromatic rings. The van der Waals surface area contributed by atoms with E-state index in [1.807, 2.05) is 6.92 Å². The Kier molecular flexibility index (Phi) is 5.85. The summed E-state index contributed by atoms with van der Waals surface area (Å²) < 4.78 is 43.2. The first-order valence-corrected chi connectivity index (χ1v) is 10.4. The highest BCUT2D eigenvalue weighted by Gasteiger charge is 2.12. The van der Waals surface area contributed by atoms with Crippen molar-refractivity contribution in [3.8, 4) is 11.8 Å². The molecule has 3 rings (SSSR count). The molecule has 0 spiro atoms. The third-order valence-electron chi connectivity index (χ3n) is 3.91. The van der Waals surface area contributed by atoms with Crippen LogP contribution in [0.4, 0.5) is 8.78 Å². The van der Waals surface area contributed by atoms with Gasteiger partial charge in [0.25, 0.3) is 5.91 Å². The fourth-order valence-corrected chi connectivity index (χ4v) is 3.62. The second-order valence-corrected chi connectivity index (χ2v) is 8.64. The van der Waals surface area contributed by atoms with Crippen LogP contribution in [0.25, 0.3) is 0 Å². The minimum Gasteiger partial charge on any atom is -0.266 e. The maximum Gasteiger partial charge on any atom is 0.286 e. The summed E-state index contributed by atoms with van der Waals surface area (Å²) in [7, 11) is -2.92. The minimum atomic E-state index is -2.92. The van der Waals surface area contributed by atoms with Gasteiger partial charge in [-0.1, -0.05) is 29.5 Å². The molecule has 1 unspecified atom stereocenters. The first kappa shape index (κ1) is 20.4. The van der Waals surface area contributed by atoms with Crippen molar-refractivity contribution in [3.63, 3.8) is 0 Å². The van der Waals surface area contributed by atoms with E-state index in [2.05, 4.69) is 21.2 Å². The summed E-state index contributed by atoms with van der Waals surface area (Å²) >= 11 is 0. The van der Waals surface area contributed by atoms with Gasteiger partial charge in [-0.25, -0.2) is 13.0 Å². The number of carbonyl (C=O) groups is 1. The molecule has 1 heterocycles. The maximum absolute atomic E-state index is 13.2. The van der Waals surface area contributed by atoms with Crippen LogP contribution in [-0.2, 0) is 9.73 Å². The van der Waals surface area contributed by atoms with Crippen molar-refractivity contribution in [3.05, 3.63) is 94.8 Å². The lowest BCUT2D eigenvalue weighted by atomic mass is 10.1. The zero-order valence-corrected chi connectivity index (χ0v) is 16.5. The molecule has 0 aliphatic carbocycles. The number of rotatable bonds is 2. The smallest absolute Gasteiger partial charge is 0.266 e. The van der Waals surface area contributed by atoms with Gasteiger partial charge < -0.3 is 0 Å². The fourth-order valence-electron chi connectivity index (χ4n) is 2.45. The van der Waals surface area contributed by atoms with Crippen molar-refractivity contribution >= 4 is 15.6 Å². The lowest BCUT2D eigenvalue weighted by molar-refractivity contribution is 0.100. The molecular weight excluding hydrogens is 394 g/mol. The Balaban J connectivity index is 1.89. The Labute approximate surface area is 167 Å². The normalized spacial score (nSPS) is 12.4. The molecule has 0 saturated carbocycles. The Morgan fingerprint density at radius 1 is 0.966 bits per heavy atom. The molecule has 0 bridgehead atoms. The van der Waals surface area contributed by atoms with Crippen LogP contribution in [0.15, 0.2) is 70.2 Å². The van der Waals surface area contributed by atoms with Crippen LogP contribution in [-0.4, -0.2) is 21.4 Å². The van der Waals surface area contributed by atoms with Gasteiger partial charge in [0, 0.05) is 40.7 Å². The summed E-state index contributed by atoms with van der Waals surface area (Å²) in [5.74, 6) is 3.17. The predicted molar refractivity (Wildman–Crippen MR) is 107 cm³/mol. The van der Waals surface area contributed by atoms with E-state index in [0.717, 1.165) is 23.8 Å². The average molecular weight is 410 g/mol. The van der Waals surface area contributed by atoms with Crippen molar-refractivity contribution < 1.29 is 17.8 Å². The zero-order chi connectivity index (χ0) is 21.0. The van der Waals surface area contributed by atoms with Crippen LogP contribution < -0.4 is 0 Å². The molecule has 0 fully saturated rings. The van der Waals surface area contributed by atoms with Crippen molar-refractivity contribution in [2.75, 3.05) is 6.26 Å². The van der Waals surface area contributed by atoms with E-state index < -0.39 is 27.3 Å². The molecular formula is C22H16F2N2O2S. The zero-order valence-electron chi connectivity index (χ0n) is 15.6. The number of amides is 1. The first-order chi connectivity index (χ1) is 13.7. The maximum atomic E-state index is 13.2. The molecule has 0 aliphatic heterocycles. The van der Waals surface area contributed by atoms with Crippen LogP contribution in [0.2, 0.25) is 0 Å². The highest BCUT2D eigenvalue weighted by molar-refractivity contribution is 7.93. The summed E-state index contributed by atoms with van der Waals surface area (Å²) in [6, 6.07) is 11.3. The third kappa shape index (κ3) is 5.33. The van der Waals surface area contributed by atoms with Gasteiger partial charge in [0.1, 0.15) is 11.6 Å². The quantitative estimate of drug-likeness (QED) is 0.590. The van der Waals surface area contributed by atoms with Crippen LogP contribution in [0, 0.1) is 30.4 Å². The molecule has 0 saturated heterocycles. The first-order valence-electron chi connectivity index (χ1n) is 8.49. The standard InChI is InChI=1S/C22H16F2N2O2S/c1-15-3-7-21(8-4-15)29(2,28)26-22(27)18-9-17(13-25-14-18)6-5-16-10-19(23)12-20(24)11-16/h3-4,7-14H,1-2H3. The van der Waals surface area contributed by atoms with Gasteiger partial charge in [-0.05, 0) is 37.3 Å². The number of halogens is 2. The van der Waals surface area contributed by atoms with Gasteiger partial charge >= 0.3 is 0 Å². The number of pyridine rings is 1. The van der Waals surface area contributed by atoms with Crippen molar-refractivity contribution in [1.29, 1.82) is 0 Å². The number of benzene rings is 2. The molecule has 1 aromatic heterocycles. The van der Waals surface area contributed by atoms with Crippen LogP contribution in [0.5, 0.6) is 0 Å². The van der Waals surface area contributed by atoms with E-state index in [1.165, 1.54) is 24.7 Å². The van der Waals surface area contributed by atoms with Gasteiger partial charge in [-0.3, -0.25) is 9.78 Å². The van der Waals surface area contributed by atoms with Crippen molar-refractivity contribution in [1.82, 2.24) is 4.98 Å². The average Bonchev–Trinajstić information content (AvgIpc) is 2.66. The lowest BCUT2D eigenvalue weighted by Crippen LogP contribution is -2.04. The van der Waals surface area contributed by atoms with E-state index in [4.69, 9.17) is 0 Å². The largest absolute Gasteiger partial charge is 0.286 e. The summed E-state index contributed by atoms with van der Waals surface area (Å²) in [6.45, 7) is 1.90. The second kappa shape index (κ2) is 8.33. The van der Waals surface area contributed by atoms with Crippen LogP contribution >= 0.6 is 0 Å². The van der Waals surface area contributed by atoms with Crippen LogP contribution in [0.3, 0.4) is 0 Å². The highest BCUT2D eigenvalue weighted by atomic mass is 32.2. The number of hydrogen-bond donors (Lipinski definition) is 0. The molecule has 4 nitrogen and oxygen atoms in total. The van der Waals surface area contributed by atoms with Gasteiger partial charge in [0.2, 0.25) is 0 Å².